The molecule has 0 atom stereocenters. The van der Waals surface area contributed by atoms with Gasteiger partial charge in [0.1, 0.15) is 5.75 Å². The van der Waals surface area contributed by atoms with E-state index in [0.717, 1.165) is 12.1 Å². The van der Waals surface area contributed by atoms with Crippen LogP contribution in [0.3, 0.4) is 0 Å². The molecule has 2 aromatic carbocycles. The number of hydrogen-bond acceptors (Lipinski definition) is 2. The highest BCUT2D eigenvalue weighted by molar-refractivity contribution is 5.91. The average Bonchev–Trinajstić information content (AvgIpc) is 2.47. The van der Waals surface area contributed by atoms with Gasteiger partial charge in [0.25, 0.3) is 5.91 Å². The predicted octanol–water partition coefficient (Wildman–Crippen LogP) is 3.27. The van der Waals surface area contributed by atoms with Crippen molar-refractivity contribution < 1.29 is 9.53 Å². The largest absolute Gasteiger partial charge is 0.484 e. The van der Waals surface area contributed by atoms with Gasteiger partial charge >= 0.3 is 0 Å². The number of amides is 1. The lowest BCUT2D eigenvalue weighted by atomic mass is 10.1. The first-order valence-corrected chi connectivity index (χ1v) is 6.34. The van der Waals surface area contributed by atoms with Crippen LogP contribution in [0, 0.1) is 0 Å². The van der Waals surface area contributed by atoms with Crippen LogP contribution in [-0.2, 0) is 11.2 Å². The first-order valence-electron chi connectivity index (χ1n) is 6.34. The zero-order chi connectivity index (χ0) is 13.5. The molecule has 0 aliphatic rings. The molecule has 2 rings (SSSR count). The minimum Gasteiger partial charge on any atom is -0.484 e. The summed E-state index contributed by atoms with van der Waals surface area (Å²) in [5.74, 6) is 0.534. The number of benzene rings is 2. The molecule has 0 unspecified atom stereocenters. The Balaban J connectivity index is 1.83. The number of aryl methyl sites for hydroxylation is 1. The van der Waals surface area contributed by atoms with Crippen LogP contribution in [0.2, 0.25) is 0 Å². The Bertz CT molecular complexity index is 520. The highest BCUT2D eigenvalue weighted by Gasteiger charge is 2.03. The summed E-state index contributed by atoms with van der Waals surface area (Å²) < 4.78 is 5.37. The highest BCUT2D eigenvalue weighted by Crippen LogP contribution is 2.11. The number of carbonyl (C=O) groups excluding carboxylic acids is 1. The summed E-state index contributed by atoms with van der Waals surface area (Å²) in [5.41, 5.74) is 2.04. The molecule has 0 saturated carbocycles. The van der Waals surface area contributed by atoms with Gasteiger partial charge in [0.15, 0.2) is 6.61 Å². The van der Waals surface area contributed by atoms with E-state index in [2.05, 4.69) is 12.2 Å². The van der Waals surface area contributed by atoms with Crippen LogP contribution in [-0.4, -0.2) is 12.5 Å². The van der Waals surface area contributed by atoms with Gasteiger partial charge in [-0.05, 0) is 36.2 Å². The van der Waals surface area contributed by atoms with Crippen LogP contribution in [0.1, 0.15) is 12.5 Å². The van der Waals surface area contributed by atoms with E-state index in [1.165, 1.54) is 5.56 Å². The molecule has 0 aliphatic heterocycles. The molecule has 0 fully saturated rings. The highest BCUT2D eigenvalue weighted by atomic mass is 16.5. The summed E-state index contributed by atoms with van der Waals surface area (Å²) >= 11 is 0. The van der Waals surface area contributed by atoms with Gasteiger partial charge in [-0.1, -0.05) is 37.3 Å². The van der Waals surface area contributed by atoms with Crippen LogP contribution in [0.5, 0.6) is 5.75 Å². The Labute approximate surface area is 113 Å². The van der Waals surface area contributed by atoms with Gasteiger partial charge < -0.3 is 10.1 Å². The topological polar surface area (TPSA) is 38.3 Å². The monoisotopic (exact) mass is 255 g/mol. The zero-order valence-corrected chi connectivity index (χ0v) is 10.9. The van der Waals surface area contributed by atoms with E-state index >= 15 is 0 Å². The smallest absolute Gasteiger partial charge is 0.262 e. The van der Waals surface area contributed by atoms with Gasteiger partial charge in [-0.25, -0.2) is 0 Å². The fraction of sp³-hybridized carbons (Fsp3) is 0.188. The third kappa shape index (κ3) is 4.14. The lowest BCUT2D eigenvalue weighted by molar-refractivity contribution is -0.118. The molecule has 1 N–H and O–H groups in total. The van der Waals surface area contributed by atoms with Crippen molar-refractivity contribution >= 4 is 11.6 Å². The Morgan fingerprint density at radius 2 is 1.74 bits per heavy atom. The van der Waals surface area contributed by atoms with Gasteiger partial charge in [0, 0.05) is 5.69 Å². The Kier molecular flexibility index (Phi) is 4.56. The summed E-state index contributed by atoms with van der Waals surface area (Å²) in [7, 11) is 0. The van der Waals surface area contributed by atoms with Crippen molar-refractivity contribution in [3.63, 3.8) is 0 Å². The van der Waals surface area contributed by atoms with Crippen molar-refractivity contribution in [3.8, 4) is 5.75 Å². The number of rotatable bonds is 5. The molecule has 1 amide bonds. The molecule has 0 aliphatic carbocycles. The van der Waals surface area contributed by atoms with Crippen molar-refractivity contribution in [2.45, 2.75) is 13.3 Å². The minimum atomic E-state index is -0.159. The number of hydrogen-bond donors (Lipinski definition) is 1. The zero-order valence-electron chi connectivity index (χ0n) is 10.9. The molecular formula is C16H17NO2. The Hall–Kier alpha value is -2.29. The second kappa shape index (κ2) is 6.59. The Morgan fingerprint density at radius 1 is 1.05 bits per heavy atom. The van der Waals surface area contributed by atoms with Crippen LogP contribution >= 0.6 is 0 Å². The van der Waals surface area contributed by atoms with Crippen LogP contribution in [0.25, 0.3) is 0 Å². The first-order chi connectivity index (χ1) is 9.28. The van der Waals surface area contributed by atoms with Crippen LogP contribution < -0.4 is 10.1 Å². The van der Waals surface area contributed by atoms with E-state index in [1.54, 1.807) is 0 Å². The van der Waals surface area contributed by atoms with Crippen molar-refractivity contribution in [2.24, 2.45) is 0 Å². The molecule has 0 bridgehead atoms. The van der Waals surface area contributed by atoms with Gasteiger partial charge in [-0.15, -0.1) is 0 Å². The number of ether oxygens (including phenoxy) is 1. The number of nitrogens with one attached hydrogen (secondary N) is 1. The van der Waals surface area contributed by atoms with E-state index in [4.69, 9.17) is 4.74 Å². The van der Waals surface area contributed by atoms with Crippen molar-refractivity contribution in [1.82, 2.24) is 0 Å². The fourth-order valence-corrected chi connectivity index (χ4v) is 1.69. The summed E-state index contributed by atoms with van der Waals surface area (Å²) in [6.07, 6.45) is 0.991. The number of anilines is 1. The number of carbonyl (C=O) groups is 1. The predicted molar refractivity (Wildman–Crippen MR) is 76.4 cm³/mol. The Morgan fingerprint density at radius 3 is 2.37 bits per heavy atom. The minimum absolute atomic E-state index is 0.0134. The molecule has 19 heavy (non-hydrogen) atoms. The maximum absolute atomic E-state index is 11.7. The van der Waals surface area contributed by atoms with Gasteiger partial charge in [-0.3, -0.25) is 4.79 Å². The molecule has 0 saturated heterocycles. The molecule has 2 aromatic rings. The third-order valence-electron chi connectivity index (χ3n) is 2.76. The summed E-state index contributed by atoms with van der Waals surface area (Å²) in [6.45, 7) is 2.11. The second-order valence-electron chi connectivity index (χ2n) is 4.20. The first kappa shape index (κ1) is 13.1. The van der Waals surface area contributed by atoms with Crippen LogP contribution in [0.15, 0.2) is 54.6 Å². The summed E-state index contributed by atoms with van der Waals surface area (Å²) in [5, 5.41) is 2.80. The fourth-order valence-electron chi connectivity index (χ4n) is 1.69. The quantitative estimate of drug-likeness (QED) is 0.890. The lowest BCUT2D eigenvalue weighted by Gasteiger charge is -2.07. The van der Waals surface area contributed by atoms with Crippen molar-refractivity contribution in [1.29, 1.82) is 0 Å². The van der Waals surface area contributed by atoms with Gasteiger partial charge in [0.05, 0.1) is 0 Å². The van der Waals surface area contributed by atoms with E-state index < -0.39 is 0 Å². The summed E-state index contributed by atoms with van der Waals surface area (Å²) in [4.78, 5) is 11.7. The second-order valence-corrected chi connectivity index (χ2v) is 4.20. The average molecular weight is 255 g/mol. The molecule has 0 heterocycles. The van der Waals surface area contributed by atoms with E-state index in [0.29, 0.717) is 5.75 Å². The molecule has 0 aromatic heterocycles. The molecule has 0 radical (unpaired) electrons. The maximum atomic E-state index is 11.7. The van der Waals surface area contributed by atoms with E-state index in [9.17, 15) is 4.79 Å². The third-order valence-corrected chi connectivity index (χ3v) is 2.76. The SMILES string of the molecule is CCc1ccc(NC(=O)COc2ccccc2)cc1. The van der Waals surface area contributed by atoms with Crippen molar-refractivity contribution in [3.05, 3.63) is 60.2 Å². The molecule has 3 nitrogen and oxygen atoms in total. The van der Waals surface area contributed by atoms with Gasteiger partial charge in [-0.2, -0.15) is 0 Å². The van der Waals surface area contributed by atoms with E-state index in [1.807, 2.05) is 54.6 Å². The maximum Gasteiger partial charge on any atom is 0.262 e. The number of para-hydroxylation sites is 1. The normalized spacial score (nSPS) is 9.95. The van der Waals surface area contributed by atoms with E-state index in [-0.39, 0.29) is 12.5 Å². The molecule has 0 spiro atoms. The standard InChI is InChI=1S/C16H17NO2/c1-2-13-8-10-14(11-9-13)17-16(18)12-19-15-6-4-3-5-7-15/h3-11H,2,12H2,1H3,(H,17,18). The van der Waals surface area contributed by atoms with Crippen LogP contribution in [0.4, 0.5) is 5.69 Å². The van der Waals surface area contributed by atoms with Gasteiger partial charge in [0.2, 0.25) is 0 Å². The molecule has 3 heteroatoms. The van der Waals surface area contributed by atoms with Crippen molar-refractivity contribution in [2.75, 3.05) is 11.9 Å². The molecular weight excluding hydrogens is 238 g/mol. The summed E-state index contributed by atoms with van der Waals surface area (Å²) in [6, 6.07) is 17.1. The molecule has 98 valence electrons. The lowest BCUT2D eigenvalue weighted by Crippen LogP contribution is -2.20.